The molecule has 0 radical (unpaired) electrons. The minimum Gasteiger partial charge on any atom is -0.494 e. The molecule has 11 nitrogen and oxygen atoms in total. The predicted octanol–water partition coefficient (Wildman–Crippen LogP) is 6.86. The SMILES string of the molecule is C=C1N=C(C(=O)O)/C=N\N(C)/C=C\1N1CCn2c(c(CCCOc3cc(C)c(Cl)c(C)c3)c3ccc(Cl)c(-c4c(C)nn(C)c4C)c32)C1=O. The minimum absolute atomic E-state index is 0.141. The van der Waals surface area contributed by atoms with Crippen LogP contribution in [0.25, 0.3) is 22.0 Å². The molecule has 0 aliphatic carbocycles. The number of carboxylic acids is 1. The maximum atomic E-state index is 14.7. The second-order valence-electron chi connectivity index (χ2n) is 12.3. The van der Waals surface area contributed by atoms with E-state index in [1.807, 2.05) is 63.7 Å². The van der Waals surface area contributed by atoms with Gasteiger partial charge in [0.2, 0.25) is 0 Å². The number of benzene rings is 2. The number of hydrogen-bond acceptors (Lipinski definition) is 7. The van der Waals surface area contributed by atoms with Crippen LogP contribution in [-0.2, 0) is 24.8 Å². The quantitative estimate of drug-likeness (QED) is 0.201. The Hall–Kier alpha value is -4.87. The van der Waals surface area contributed by atoms with E-state index in [9.17, 15) is 14.7 Å². The molecule has 49 heavy (non-hydrogen) atoms. The number of aryl methyl sites for hydroxylation is 5. The van der Waals surface area contributed by atoms with Crippen LogP contribution in [0, 0.1) is 27.7 Å². The number of hydrazone groups is 1. The third kappa shape index (κ3) is 6.13. The second-order valence-corrected chi connectivity index (χ2v) is 13.1. The van der Waals surface area contributed by atoms with Gasteiger partial charge in [0.15, 0.2) is 5.71 Å². The summed E-state index contributed by atoms with van der Waals surface area (Å²) in [5.41, 5.74) is 7.93. The number of hydrogen-bond donors (Lipinski definition) is 1. The van der Waals surface area contributed by atoms with Gasteiger partial charge in [-0.25, -0.2) is 9.79 Å². The Bertz CT molecular complexity index is 2130. The summed E-state index contributed by atoms with van der Waals surface area (Å²) in [4.78, 5) is 32.3. The molecule has 2 aliphatic rings. The molecular weight excluding hydrogens is 665 g/mol. The van der Waals surface area contributed by atoms with Gasteiger partial charge in [0, 0.05) is 60.6 Å². The van der Waals surface area contributed by atoms with Gasteiger partial charge in [-0.1, -0.05) is 35.8 Å². The molecular formula is C36H37Cl2N7O4. The van der Waals surface area contributed by atoms with E-state index >= 15 is 0 Å². The number of ether oxygens (including phenoxy) is 1. The van der Waals surface area contributed by atoms with E-state index in [0.717, 1.165) is 67.1 Å². The van der Waals surface area contributed by atoms with Gasteiger partial charge in [-0.3, -0.25) is 14.5 Å². The first-order valence-electron chi connectivity index (χ1n) is 15.8. The molecule has 0 saturated heterocycles. The lowest BCUT2D eigenvalue weighted by Crippen LogP contribution is -2.41. The number of aliphatic imine (C=N–C) groups is 1. The van der Waals surface area contributed by atoms with Crippen molar-refractivity contribution in [2.75, 3.05) is 20.2 Å². The van der Waals surface area contributed by atoms with Gasteiger partial charge in [-0.15, -0.1) is 0 Å². The zero-order valence-corrected chi connectivity index (χ0v) is 29.8. The number of halogens is 2. The molecule has 0 bridgehead atoms. The van der Waals surface area contributed by atoms with Gasteiger partial charge < -0.3 is 19.3 Å². The second kappa shape index (κ2) is 13.2. The minimum atomic E-state index is -1.25. The summed E-state index contributed by atoms with van der Waals surface area (Å²) >= 11 is 13.4. The van der Waals surface area contributed by atoms with Crippen LogP contribution in [0.1, 0.15) is 45.0 Å². The molecule has 254 valence electrons. The zero-order chi connectivity index (χ0) is 35.3. The van der Waals surface area contributed by atoms with Gasteiger partial charge in [-0.05, 0) is 75.4 Å². The van der Waals surface area contributed by atoms with Gasteiger partial charge in [0.1, 0.15) is 11.4 Å². The number of amides is 1. The van der Waals surface area contributed by atoms with Crippen molar-refractivity contribution < 1.29 is 19.4 Å². The normalized spacial score (nSPS) is 16.7. The van der Waals surface area contributed by atoms with E-state index in [-0.39, 0.29) is 23.9 Å². The van der Waals surface area contributed by atoms with E-state index in [2.05, 4.69) is 26.3 Å². The highest BCUT2D eigenvalue weighted by Crippen LogP contribution is 2.43. The Morgan fingerprint density at radius 3 is 2.43 bits per heavy atom. The Morgan fingerprint density at radius 1 is 1.06 bits per heavy atom. The monoisotopic (exact) mass is 701 g/mol. The Labute approximate surface area is 294 Å². The van der Waals surface area contributed by atoms with Gasteiger partial charge >= 0.3 is 5.97 Å². The van der Waals surface area contributed by atoms with Crippen LogP contribution in [0.15, 0.2) is 58.5 Å². The molecule has 1 amide bonds. The lowest BCUT2D eigenvalue weighted by molar-refractivity contribution is -0.129. The molecule has 13 heteroatoms. The molecule has 0 unspecified atom stereocenters. The standard InChI is InChI=1S/C36H37Cl2N7O4/c1-19-15-24(16-20(2)32(19)38)49-14-8-9-25-26-10-11-27(37)31(30-22(4)41-43(7)23(30)5)33(26)45-13-12-44(35(46)34(25)45)29-18-42(6)39-17-28(36(47)48)40-21(29)3/h10-11,15-18H,3,8-9,12-14H2,1-2,4-7H3,(H,47,48)/b29-18+,39-17-,40-28?. The fraction of sp³-hybridized carbons (Fsp3) is 0.306. The zero-order valence-electron chi connectivity index (χ0n) is 28.3. The summed E-state index contributed by atoms with van der Waals surface area (Å²) in [6, 6.07) is 7.71. The van der Waals surface area contributed by atoms with Crippen molar-refractivity contribution in [3.05, 3.63) is 92.3 Å². The van der Waals surface area contributed by atoms with Gasteiger partial charge in [-0.2, -0.15) is 10.2 Å². The van der Waals surface area contributed by atoms with Crippen molar-refractivity contribution in [1.29, 1.82) is 0 Å². The molecule has 2 aromatic heterocycles. The fourth-order valence-corrected chi connectivity index (χ4v) is 7.02. The average Bonchev–Trinajstić information content (AvgIpc) is 3.50. The highest BCUT2D eigenvalue weighted by atomic mass is 35.5. The first kappa shape index (κ1) is 34.0. The predicted molar refractivity (Wildman–Crippen MR) is 193 cm³/mol. The average molecular weight is 703 g/mol. The molecule has 4 heterocycles. The molecule has 0 spiro atoms. The molecule has 0 atom stereocenters. The number of carbonyl (C=O) groups is 2. The van der Waals surface area contributed by atoms with E-state index in [0.29, 0.717) is 42.4 Å². The highest BCUT2D eigenvalue weighted by molar-refractivity contribution is 6.59. The molecule has 0 fully saturated rings. The first-order valence-corrected chi connectivity index (χ1v) is 16.6. The van der Waals surface area contributed by atoms with Crippen LogP contribution in [0.5, 0.6) is 5.75 Å². The van der Waals surface area contributed by atoms with Crippen LogP contribution in [0.3, 0.4) is 0 Å². The number of rotatable bonds is 8. The maximum Gasteiger partial charge on any atom is 0.356 e. The summed E-state index contributed by atoms with van der Waals surface area (Å²) in [6.07, 6.45) is 3.95. The van der Waals surface area contributed by atoms with Crippen LogP contribution < -0.4 is 4.74 Å². The van der Waals surface area contributed by atoms with E-state index < -0.39 is 5.97 Å². The van der Waals surface area contributed by atoms with Crippen molar-refractivity contribution in [2.24, 2.45) is 17.1 Å². The number of nitrogens with zero attached hydrogens (tertiary/aromatic N) is 7. The Kier molecular flexibility index (Phi) is 9.17. The van der Waals surface area contributed by atoms with Crippen LogP contribution in [0.2, 0.25) is 10.0 Å². The van der Waals surface area contributed by atoms with Crippen molar-refractivity contribution in [2.45, 2.75) is 47.1 Å². The van der Waals surface area contributed by atoms with Crippen LogP contribution in [-0.4, -0.2) is 73.4 Å². The molecule has 2 aliphatic heterocycles. The van der Waals surface area contributed by atoms with E-state index in [4.69, 9.17) is 27.9 Å². The van der Waals surface area contributed by atoms with Crippen molar-refractivity contribution >= 4 is 57.9 Å². The topological polar surface area (TPSA) is 118 Å². The van der Waals surface area contributed by atoms with Crippen molar-refractivity contribution in [3.8, 4) is 16.9 Å². The summed E-state index contributed by atoms with van der Waals surface area (Å²) in [6.45, 7) is 13.0. The Morgan fingerprint density at radius 2 is 1.78 bits per heavy atom. The van der Waals surface area contributed by atoms with Gasteiger partial charge in [0.25, 0.3) is 5.91 Å². The first-order chi connectivity index (χ1) is 23.3. The number of carboxylic acid groups (broad SMARTS) is 1. The summed E-state index contributed by atoms with van der Waals surface area (Å²) < 4.78 is 10.0. The fourth-order valence-electron chi connectivity index (χ4n) is 6.67. The van der Waals surface area contributed by atoms with Crippen LogP contribution >= 0.6 is 23.2 Å². The van der Waals surface area contributed by atoms with E-state index in [1.165, 1.54) is 5.01 Å². The Balaban J connectivity index is 1.46. The summed E-state index contributed by atoms with van der Waals surface area (Å²) in [5, 5.41) is 22.1. The number of fused-ring (bicyclic) bond motifs is 3. The smallest absolute Gasteiger partial charge is 0.356 e. The summed E-state index contributed by atoms with van der Waals surface area (Å²) in [5.74, 6) is -0.769. The third-order valence-corrected chi connectivity index (χ3v) is 9.93. The maximum absolute atomic E-state index is 14.7. The molecule has 0 saturated carbocycles. The number of aromatic nitrogens is 3. The molecule has 2 aromatic carbocycles. The lowest BCUT2D eigenvalue weighted by Gasteiger charge is -2.32. The van der Waals surface area contributed by atoms with Crippen molar-refractivity contribution in [1.82, 2.24) is 24.3 Å². The largest absolute Gasteiger partial charge is 0.494 e. The highest BCUT2D eigenvalue weighted by Gasteiger charge is 2.35. The lowest BCUT2D eigenvalue weighted by atomic mass is 9.98. The number of aliphatic carboxylic acids is 1. The van der Waals surface area contributed by atoms with Crippen LogP contribution in [0.4, 0.5) is 0 Å². The molecule has 6 rings (SSSR count). The molecule has 1 N–H and O–H groups in total. The third-order valence-electron chi connectivity index (χ3n) is 9.01. The van der Waals surface area contributed by atoms with Crippen molar-refractivity contribution in [3.63, 3.8) is 0 Å². The van der Waals surface area contributed by atoms with E-state index in [1.54, 1.807) is 18.1 Å². The molecule has 4 aromatic rings. The van der Waals surface area contributed by atoms with Gasteiger partial charge in [0.05, 0.1) is 40.4 Å². The summed E-state index contributed by atoms with van der Waals surface area (Å²) in [7, 11) is 3.56. The number of carbonyl (C=O) groups excluding carboxylic acids is 1.